The Morgan fingerprint density at radius 2 is 2.12 bits per heavy atom. The molecule has 102 valence electrons. The second-order valence-electron chi connectivity index (χ2n) is 3.83. The van der Waals surface area contributed by atoms with E-state index in [2.05, 4.69) is 20.8 Å². The molecule has 0 aromatic rings. The van der Waals surface area contributed by atoms with E-state index in [0.717, 1.165) is 25.7 Å². The number of rotatable bonds is 10. The van der Waals surface area contributed by atoms with Crippen molar-refractivity contribution in [2.24, 2.45) is 0 Å². The predicted octanol–water partition coefficient (Wildman–Crippen LogP) is 4.04. The van der Waals surface area contributed by atoms with Crippen LogP contribution in [-0.2, 0) is 21.1 Å². The van der Waals surface area contributed by atoms with Crippen molar-refractivity contribution in [1.29, 1.82) is 0 Å². The van der Waals surface area contributed by atoms with Gasteiger partial charge < -0.3 is 4.52 Å². The summed E-state index contributed by atoms with van der Waals surface area (Å²) < 4.78 is 7.45. The van der Waals surface area contributed by atoms with Crippen LogP contribution in [0.25, 0.3) is 0 Å². The standard InChI is InChI=1S/C11H24NO2PS2/c1-5-8-9-12(10-13)15(16,14-7-3)17-11(4)6-2/h10-11H,5-9H2,1-4H3. The van der Waals surface area contributed by atoms with Gasteiger partial charge >= 0.3 is 0 Å². The van der Waals surface area contributed by atoms with Crippen LogP contribution in [0.2, 0.25) is 0 Å². The molecule has 0 rings (SSSR count). The molecule has 1 amide bonds. The Labute approximate surface area is 115 Å². The maximum absolute atomic E-state index is 11.2. The number of unbranched alkanes of at least 4 members (excludes halogenated alkanes) is 1. The Bertz CT molecular complexity index is 264. The van der Waals surface area contributed by atoms with Gasteiger partial charge in [-0.3, -0.25) is 9.46 Å². The quantitative estimate of drug-likeness (QED) is 0.449. The molecular formula is C11H24NO2PS2. The van der Waals surface area contributed by atoms with Gasteiger partial charge in [0.05, 0.1) is 6.61 Å². The fraction of sp³-hybridized carbons (Fsp3) is 0.909. The van der Waals surface area contributed by atoms with Gasteiger partial charge in [0, 0.05) is 11.8 Å². The first kappa shape index (κ1) is 17.4. The van der Waals surface area contributed by atoms with Crippen LogP contribution in [0.4, 0.5) is 0 Å². The van der Waals surface area contributed by atoms with Gasteiger partial charge in [-0.05, 0) is 31.6 Å². The molecule has 17 heavy (non-hydrogen) atoms. The second kappa shape index (κ2) is 9.37. The molecule has 0 aliphatic heterocycles. The number of carbonyl (C=O) groups excluding carboxylic acids is 1. The summed E-state index contributed by atoms with van der Waals surface area (Å²) in [7, 11) is 0. The Kier molecular flexibility index (Phi) is 9.61. The number of carbonyl (C=O) groups is 1. The number of nitrogens with zero attached hydrogens (tertiary/aromatic N) is 1. The summed E-state index contributed by atoms with van der Waals surface area (Å²) in [5, 5.41) is 0.427. The van der Waals surface area contributed by atoms with E-state index in [9.17, 15) is 4.79 Å². The molecule has 0 spiro atoms. The largest absolute Gasteiger partial charge is 0.327 e. The summed E-state index contributed by atoms with van der Waals surface area (Å²) in [5.41, 5.74) is -2.22. The van der Waals surface area contributed by atoms with Crippen LogP contribution < -0.4 is 0 Å². The van der Waals surface area contributed by atoms with Gasteiger partial charge in [0.2, 0.25) is 12.0 Å². The third-order valence-electron chi connectivity index (χ3n) is 2.36. The van der Waals surface area contributed by atoms with E-state index in [4.69, 9.17) is 16.3 Å². The molecule has 0 heterocycles. The number of hydrogen-bond donors (Lipinski definition) is 0. The van der Waals surface area contributed by atoms with Crippen LogP contribution in [0.5, 0.6) is 0 Å². The van der Waals surface area contributed by atoms with Crippen molar-refractivity contribution in [3.05, 3.63) is 0 Å². The van der Waals surface area contributed by atoms with E-state index in [1.54, 1.807) is 16.1 Å². The van der Waals surface area contributed by atoms with Gasteiger partial charge in [0.25, 0.3) is 0 Å². The highest BCUT2D eigenvalue weighted by molar-refractivity contribution is 8.69. The highest BCUT2D eigenvalue weighted by Gasteiger charge is 2.27. The summed E-state index contributed by atoms with van der Waals surface area (Å²) in [6.07, 6.45) is 3.93. The van der Waals surface area contributed by atoms with Crippen LogP contribution in [0.3, 0.4) is 0 Å². The summed E-state index contributed by atoms with van der Waals surface area (Å²) >= 11 is 7.28. The zero-order valence-electron chi connectivity index (χ0n) is 11.2. The molecule has 3 nitrogen and oxygen atoms in total. The van der Waals surface area contributed by atoms with E-state index in [1.165, 1.54) is 0 Å². The van der Waals surface area contributed by atoms with Crippen LogP contribution in [0, 0.1) is 0 Å². The van der Waals surface area contributed by atoms with Gasteiger partial charge in [-0.1, -0.05) is 38.6 Å². The van der Waals surface area contributed by atoms with Crippen molar-refractivity contribution in [2.75, 3.05) is 13.2 Å². The Hall–Kier alpha value is 0.430. The fourth-order valence-electron chi connectivity index (χ4n) is 1.18. The first-order chi connectivity index (χ1) is 8.03. The molecule has 0 saturated heterocycles. The molecule has 2 unspecified atom stereocenters. The summed E-state index contributed by atoms with van der Waals surface area (Å²) in [4.78, 5) is 11.2. The minimum Gasteiger partial charge on any atom is -0.327 e. The lowest BCUT2D eigenvalue weighted by Gasteiger charge is -2.32. The number of hydrogen-bond acceptors (Lipinski definition) is 4. The lowest BCUT2D eigenvalue weighted by atomic mass is 10.3. The monoisotopic (exact) mass is 297 g/mol. The van der Waals surface area contributed by atoms with Crippen molar-refractivity contribution in [1.82, 2.24) is 4.67 Å². The molecule has 0 saturated carbocycles. The summed E-state index contributed by atoms with van der Waals surface area (Å²) in [6.45, 7) is 9.57. The zero-order chi connectivity index (χ0) is 13.3. The van der Waals surface area contributed by atoms with E-state index in [-0.39, 0.29) is 0 Å². The van der Waals surface area contributed by atoms with Gasteiger partial charge in [-0.15, -0.1) is 0 Å². The lowest BCUT2D eigenvalue weighted by Crippen LogP contribution is -2.20. The van der Waals surface area contributed by atoms with E-state index in [1.807, 2.05) is 6.92 Å². The SMILES string of the molecule is CCCCN(C=O)P(=S)(OCC)SC(C)CC. The smallest absolute Gasteiger partial charge is 0.215 e. The molecule has 0 aromatic heterocycles. The molecule has 0 aliphatic carbocycles. The maximum Gasteiger partial charge on any atom is 0.215 e. The molecule has 0 radical (unpaired) electrons. The van der Waals surface area contributed by atoms with E-state index in [0.29, 0.717) is 18.4 Å². The molecule has 0 aliphatic rings. The van der Waals surface area contributed by atoms with Gasteiger partial charge in [0.1, 0.15) is 0 Å². The molecule has 2 atom stereocenters. The van der Waals surface area contributed by atoms with Crippen LogP contribution in [0.15, 0.2) is 0 Å². The summed E-state index contributed by atoms with van der Waals surface area (Å²) in [6, 6.07) is 0. The molecular weight excluding hydrogens is 273 g/mol. The predicted molar refractivity (Wildman–Crippen MR) is 80.9 cm³/mol. The van der Waals surface area contributed by atoms with E-state index >= 15 is 0 Å². The lowest BCUT2D eigenvalue weighted by molar-refractivity contribution is -0.114. The first-order valence-corrected chi connectivity index (χ1v) is 10.3. The first-order valence-electron chi connectivity index (χ1n) is 6.19. The van der Waals surface area contributed by atoms with Crippen molar-refractivity contribution < 1.29 is 9.32 Å². The van der Waals surface area contributed by atoms with Gasteiger partial charge in [0.15, 0.2) is 0 Å². The molecule has 0 aromatic carbocycles. The maximum atomic E-state index is 11.2. The molecule has 6 heteroatoms. The van der Waals surface area contributed by atoms with Crippen LogP contribution in [0.1, 0.15) is 47.0 Å². The minimum atomic E-state index is -2.22. The highest BCUT2D eigenvalue weighted by Crippen LogP contribution is 2.64. The average Bonchev–Trinajstić information content (AvgIpc) is 2.30. The van der Waals surface area contributed by atoms with Crippen molar-refractivity contribution in [2.45, 2.75) is 52.2 Å². The van der Waals surface area contributed by atoms with E-state index < -0.39 is 5.62 Å². The van der Waals surface area contributed by atoms with Crippen molar-refractivity contribution >= 4 is 35.2 Å². The topological polar surface area (TPSA) is 29.5 Å². The zero-order valence-corrected chi connectivity index (χ0v) is 13.7. The fourth-order valence-corrected chi connectivity index (χ4v) is 7.98. The minimum absolute atomic E-state index is 0.427. The van der Waals surface area contributed by atoms with Crippen LogP contribution in [-0.4, -0.2) is 29.5 Å². The Morgan fingerprint density at radius 3 is 2.53 bits per heavy atom. The van der Waals surface area contributed by atoms with Gasteiger partial charge in [-0.2, -0.15) is 0 Å². The van der Waals surface area contributed by atoms with Crippen molar-refractivity contribution in [3.8, 4) is 0 Å². The Balaban J connectivity index is 4.74. The average molecular weight is 297 g/mol. The Morgan fingerprint density at radius 1 is 1.47 bits per heavy atom. The normalized spacial score (nSPS) is 16.2. The highest BCUT2D eigenvalue weighted by atomic mass is 32.9. The van der Waals surface area contributed by atoms with Crippen molar-refractivity contribution in [3.63, 3.8) is 0 Å². The van der Waals surface area contributed by atoms with Crippen LogP contribution >= 0.6 is 17.0 Å². The second-order valence-corrected chi connectivity index (χ2v) is 10.9. The third-order valence-corrected chi connectivity index (χ3v) is 9.37. The molecule has 0 bridgehead atoms. The molecule has 0 N–H and O–H groups in total. The number of amides is 1. The third kappa shape index (κ3) is 6.23. The summed E-state index contributed by atoms with van der Waals surface area (Å²) in [5.74, 6) is 0. The van der Waals surface area contributed by atoms with Gasteiger partial charge in [-0.25, -0.2) is 0 Å². The molecule has 0 fully saturated rings.